The fourth-order valence-electron chi connectivity index (χ4n) is 4.21. The van der Waals surface area contributed by atoms with Gasteiger partial charge in [0.2, 0.25) is 0 Å². The predicted octanol–water partition coefficient (Wildman–Crippen LogP) is 9.19. The van der Waals surface area contributed by atoms with E-state index in [1.165, 1.54) is 0 Å². The molecule has 0 saturated carbocycles. The molecule has 4 rings (SSSR count). The maximum atomic E-state index is 11.9. The number of anilines is 3. The second kappa shape index (κ2) is 18.4. The van der Waals surface area contributed by atoms with E-state index in [4.69, 9.17) is 38.7 Å². The Morgan fingerprint density at radius 3 is 1.44 bits per heavy atom. The fraction of sp³-hybridized carbons (Fsp3) is 0.459. The molecule has 4 N–H and O–H groups in total. The largest absolute Gasteiger partial charge is 0.498 e. The van der Waals surface area contributed by atoms with Gasteiger partial charge in [0.15, 0.2) is 0 Å². The topological polar surface area (TPSA) is 149 Å². The van der Waals surface area contributed by atoms with Gasteiger partial charge in [-0.1, -0.05) is 6.07 Å². The van der Waals surface area contributed by atoms with Gasteiger partial charge in [0.05, 0.1) is 41.5 Å². The molecule has 1 heterocycles. The number of halogens is 2. The summed E-state index contributed by atoms with van der Waals surface area (Å²) in [6, 6.07) is 16.0. The molecule has 12 nitrogen and oxygen atoms in total. The molecule has 0 atom stereocenters. The zero-order chi connectivity index (χ0) is 39.7. The quantitative estimate of drug-likeness (QED) is 0.162. The number of amides is 2. The maximum absolute atomic E-state index is 11.9. The van der Waals surface area contributed by atoms with Crippen molar-refractivity contribution in [3.05, 3.63) is 63.5 Å². The average Bonchev–Trinajstić information content (AvgIpc) is 3.23. The van der Waals surface area contributed by atoms with Gasteiger partial charge in [-0.3, -0.25) is 10.6 Å². The van der Waals surface area contributed by atoms with E-state index in [1.54, 1.807) is 57.7 Å². The van der Waals surface area contributed by atoms with Crippen LogP contribution >= 0.6 is 31.9 Å². The van der Waals surface area contributed by atoms with Gasteiger partial charge in [0.1, 0.15) is 28.5 Å². The van der Waals surface area contributed by atoms with E-state index < -0.39 is 41.7 Å². The summed E-state index contributed by atoms with van der Waals surface area (Å²) in [6.45, 7) is 18.9. The lowest BCUT2D eigenvalue weighted by Crippen LogP contribution is -2.41. The summed E-state index contributed by atoms with van der Waals surface area (Å²) in [7, 11) is 4.22. The van der Waals surface area contributed by atoms with Crippen LogP contribution in [0.3, 0.4) is 0 Å². The highest BCUT2D eigenvalue weighted by Gasteiger charge is 2.52. The highest BCUT2D eigenvalue weighted by Crippen LogP contribution is 2.37. The molecule has 2 amide bonds. The Morgan fingerprint density at radius 2 is 1.04 bits per heavy atom. The molecule has 0 spiro atoms. The van der Waals surface area contributed by atoms with E-state index in [-0.39, 0.29) is 0 Å². The second-order valence-corrected chi connectivity index (χ2v) is 16.3. The molecule has 1 aliphatic rings. The van der Waals surface area contributed by atoms with E-state index in [1.807, 2.05) is 87.4 Å². The van der Waals surface area contributed by atoms with Crippen LogP contribution < -0.4 is 36.0 Å². The normalized spacial score (nSPS) is 14.4. The van der Waals surface area contributed by atoms with Crippen molar-refractivity contribution in [2.75, 3.05) is 37.7 Å². The van der Waals surface area contributed by atoms with E-state index in [0.29, 0.717) is 28.6 Å². The standard InChI is InChI=1S/C18H28BNO5.C12H16BrNO3.C7H8BrNO/c1-16(2,3)23-15(21)20-12-9-10-13(14(11-12)22-8)19-24-17(4,5)18(6,7)25-19;1-12(2,3)17-11(15)14-8-5-6-9(13)10(7-8)16-4;1-10-7-4-5(9)2-3-6(7)8/h9-11H,1-8H3,(H,20,21);5-7H,1-4H3,(H,14,15);2-4H,9H2,1H3. The summed E-state index contributed by atoms with van der Waals surface area (Å²) in [6.07, 6.45) is -1.00. The number of hydrogen-bond acceptors (Lipinski definition) is 10. The van der Waals surface area contributed by atoms with Crippen LogP contribution in [-0.4, -0.2) is 63.0 Å². The van der Waals surface area contributed by atoms with Gasteiger partial charge in [0, 0.05) is 40.7 Å². The second-order valence-electron chi connectivity index (χ2n) is 14.5. The van der Waals surface area contributed by atoms with Crippen molar-refractivity contribution in [3.8, 4) is 17.2 Å². The lowest BCUT2D eigenvalue weighted by Gasteiger charge is -2.32. The number of carbonyl (C=O) groups is 2. The van der Waals surface area contributed by atoms with Gasteiger partial charge in [0.25, 0.3) is 0 Å². The van der Waals surface area contributed by atoms with Gasteiger partial charge in [-0.05, 0) is 131 Å². The molecule has 3 aromatic carbocycles. The van der Waals surface area contributed by atoms with Crippen molar-refractivity contribution in [2.24, 2.45) is 0 Å². The molecule has 3 aromatic rings. The smallest absolute Gasteiger partial charge is 0.497 e. The molecule has 286 valence electrons. The third-order valence-electron chi connectivity index (χ3n) is 7.36. The summed E-state index contributed by atoms with van der Waals surface area (Å²) < 4.78 is 39.9. The van der Waals surface area contributed by atoms with Gasteiger partial charge in [-0.15, -0.1) is 0 Å². The first-order chi connectivity index (χ1) is 23.9. The molecule has 0 bridgehead atoms. The Bertz CT molecular complexity index is 1660. The molecule has 1 fully saturated rings. The zero-order valence-corrected chi connectivity index (χ0v) is 35.5. The lowest BCUT2D eigenvalue weighted by atomic mass is 9.78. The minimum Gasteiger partial charge on any atom is -0.497 e. The summed E-state index contributed by atoms with van der Waals surface area (Å²) in [5.41, 5.74) is 6.25. The van der Waals surface area contributed by atoms with Crippen LogP contribution in [0.4, 0.5) is 26.7 Å². The van der Waals surface area contributed by atoms with Crippen molar-refractivity contribution in [1.82, 2.24) is 0 Å². The van der Waals surface area contributed by atoms with Crippen molar-refractivity contribution >= 4 is 73.7 Å². The molecule has 0 radical (unpaired) electrons. The highest BCUT2D eigenvalue weighted by molar-refractivity contribution is 9.10. The fourth-order valence-corrected chi connectivity index (χ4v) is 5.03. The number of ether oxygens (including phenoxy) is 5. The van der Waals surface area contributed by atoms with E-state index >= 15 is 0 Å². The van der Waals surface area contributed by atoms with Gasteiger partial charge in [-0.25, -0.2) is 9.59 Å². The maximum Gasteiger partial charge on any atom is 0.498 e. The van der Waals surface area contributed by atoms with Crippen LogP contribution in [0.15, 0.2) is 63.5 Å². The molecule has 0 aliphatic carbocycles. The molecule has 0 unspecified atom stereocenters. The molecular weight excluding hydrogens is 801 g/mol. The zero-order valence-electron chi connectivity index (χ0n) is 32.3. The average molecular weight is 853 g/mol. The van der Waals surface area contributed by atoms with Gasteiger partial charge >= 0.3 is 19.3 Å². The predicted molar refractivity (Wildman–Crippen MR) is 214 cm³/mol. The van der Waals surface area contributed by atoms with E-state index in [9.17, 15) is 9.59 Å². The summed E-state index contributed by atoms with van der Waals surface area (Å²) >= 11 is 6.65. The van der Waals surface area contributed by atoms with Crippen molar-refractivity contribution < 1.29 is 42.6 Å². The van der Waals surface area contributed by atoms with Gasteiger partial charge < -0.3 is 38.7 Å². The minimum absolute atomic E-state index is 0.434. The van der Waals surface area contributed by atoms with Crippen LogP contribution in [-0.2, 0) is 18.8 Å². The number of rotatable bonds is 6. The number of nitrogens with one attached hydrogen (secondary N) is 2. The van der Waals surface area contributed by atoms with E-state index in [0.717, 1.165) is 20.2 Å². The molecule has 15 heteroatoms. The highest BCUT2D eigenvalue weighted by atomic mass is 79.9. The SMILES string of the molecule is COc1cc(N)ccc1Br.COc1cc(NC(=O)OC(C)(C)C)ccc1B1OC(C)(C)C(C)(C)O1.COc1cc(NC(=O)OC(C)(C)C)ccc1Br. The number of methoxy groups -OCH3 is 3. The van der Waals surface area contributed by atoms with Gasteiger partial charge in [-0.2, -0.15) is 0 Å². The number of carbonyl (C=O) groups excluding carboxylic acids is 2. The van der Waals surface area contributed by atoms with Crippen molar-refractivity contribution in [1.29, 1.82) is 0 Å². The van der Waals surface area contributed by atoms with Crippen LogP contribution in [0.5, 0.6) is 17.2 Å². The van der Waals surface area contributed by atoms with Crippen molar-refractivity contribution in [3.63, 3.8) is 0 Å². The van der Waals surface area contributed by atoms with Crippen LogP contribution in [0.25, 0.3) is 0 Å². The van der Waals surface area contributed by atoms with Crippen molar-refractivity contribution in [2.45, 2.75) is 91.6 Å². The van der Waals surface area contributed by atoms with Crippen LogP contribution in [0.1, 0.15) is 69.2 Å². The lowest BCUT2D eigenvalue weighted by molar-refractivity contribution is 0.00578. The monoisotopic (exact) mass is 851 g/mol. The Labute approximate surface area is 325 Å². The van der Waals surface area contributed by atoms with Crippen LogP contribution in [0.2, 0.25) is 0 Å². The summed E-state index contributed by atoms with van der Waals surface area (Å²) in [5, 5.41) is 5.34. The number of nitrogen functional groups attached to an aromatic ring is 1. The molecule has 0 aromatic heterocycles. The summed E-state index contributed by atoms with van der Waals surface area (Å²) in [5.74, 6) is 1.99. The molecule has 1 aliphatic heterocycles. The number of hydrogen-bond donors (Lipinski definition) is 3. The van der Waals surface area contributed by atoms with Crippen LogP contribution in [0, 0.1) is 0 Å². The molecule has 52 heavy (non-hydrogen) atoms. The summed E-state index contributed by atoms with van der Waals surface area (Å²) in [4.78, 5) is 23.4. The number of benzene rings is 3. The first kappa shape index (κ1) is 44.5. The Morgan fingerprint density at radius 1 is 0.654 bits per heavy atom. The first-order valence-corrected chi connectivity index (χ1v) is 17.9. The molecule has 1 saturated heterocycles. The third kappa shape index (κ3) is 14.1. The number of nitrogens with two attached hydrogens (primary N) is 1. The first-order valence-electron chi connectivity index (χ1n) is 16.4. The Kier molecular flexibility index (Phi) is 15.7. The molecular formula is C37H52BBr2N3O9. The Hall–Kier alpha value is -3.66. The van der Waals surface area contributed by atoms with E-state index in [2.05, 4.69) is 42.5 Å². The third-order valence-corrected chi connectivity index (χ3v) is 8.67. The Balaban J connectivity index is 0.000000298. The minimum atomic E-state index is -0.559.